The van der Waals surface area contributed by atoms with Gasteiger partial charge in [-0.15, -0.1) is 0 Å². The predicted molar refractivity (Wildman–Crippen MR) is 81.1 cm³/mol. The number of hydrogen-bond acceptors (Lipinski definition) is 5. The summed E-state index contributed by atoms with van der Waals surface area (Å²) in [5, 5.41) is 5.38. The molecule has 3 aromatic heterocycles. The number of thiazole rings is 1. The number of aromatic nitrogens is 5. The van der Waals surface area contributed by atoms with E-state index in [1.54, 1.807) is 11.3 Å². The highest BCUT2D eigenvalue weighted by molar-refractivity contribution is 7.22. The molecule has 0 N–H and O–H groups in total. The minimum Gasteiger partial charge on any atom is -0.344 e. The fraction of sp³-hybridized carbons (Fsp3) is 0.462. The molecular formula is C13H18N6S. The molecular weight excluding hydrogens is 272 g/mol. The van der Waals surface area contributed by atoms with Crippen LogP contribution in [0.1, 0.15) is 18.4 Å². The summed E-state index contributed by atoms with van der Waals surface area (Å²) in [4.78, 5) is 11.2. The highest BCUT2D eigenvalue weighted by Gasteiger charge is 2.15. The highest BCUT2D eigenvalue weighted by atomic mass is 32.1. The Morgan fingerprint density at radius 1 is 1.40 bits per heavy atom. The third kappa shape index (κ3) is 2.07. The first-order valence-corrected chi connectivity index (χ1v) is 7.43. The van der Waals surface area contributed by atoms with Gasteiger partial charge in [0.25, 0.3) is 0 Å². The van der Waals surface area contributed by atoms with Crippen LogP contribution in [0.3, 0.4) is 0 Å². The molecule has 0 atom stereocenters. The van der Waals surface area contributed by atoms with E-state index in [1.807, 2.05) is 31.0 Å². The van der Waals surface area contributed by atoms with Crippen LogP contribution < -0.4 is 4.90 Å². The highest BCUT2D eigenvalue weighted by Crippen LogP contribution is 2.30. The lowest BCUT2D eigenvalue weighted by Gasteiger charge is -2.15. The van der Waals surface area contributed by atoms with Crippen LogP contribution in [0.4, 0.5) is 5.13 Å². The number of nitrogens with zero attached hydrogens (tertiary/aromatic N) is 6. The Morgan fingerprint density at radius 3 is 2.90 bits per heavy atom. The second-order valence-corrected chi connectivity index (χ2v) is 5.82. The Labute approximate surface area is 121 Å². The number of aryl methyl sites for hydroxylation is 3. The van der Waals surface area contributed by atoms with Gasteiger partial charge in [-0.05, 0) is 13.8 Å². The molecule has 0 spiro atoms. The molecule has 0 bridgehead atoms. The zero-order chi connectivity index (χ0) is 14.3. The van der Waals surface area contributed by atoms with Gasteiger partial charge in [-0.2, -0.15) is 5.10 Å². The van der Waals surface area contributed by atoms with E-state index in [0.29, 0.717) is 0 Å². The maximum absolute atomic E-state index is 4.68. The second kappa shape index (κ2) is 4.90. The summed E-state index contributed by atoms with van der Waals surface area (Å²) in [5.74, 6) is 1.06. The van der Waals surface area contributed by atoms with Crippen LogP contribution in [0.15, 0.2) is 12.4 Å². The zero-order valence-corrected chi connectivity index (χ0v) is 13.0. The molecule has 6 nitrogen and oxygen atoms in total. The predicted octanol–water partition coefficient (Wildman–Crippen LogP) is 2.19. The first kappa shape index (κ1) is 13.1. The topological polar surface area (TPSA) is 51.8 Å². The van der Waals surface area contributed by atoms with Gasteiger partial charge in [-0.1, -0.05) is 11.3 Å². The van der Waals surface area contributed by atoms with Crippen molar-refractivity contribution in [1.29, 1.82) is 0 Å². The minimum atomic E-state index is 0.757. The SMILES string of the molecule is CCn1ccnc1CN(C)c1nc2c(s1)c(C)nn2C. The molecule has 0 radical (unpaired) electrons. The standard InChI is InChI=1S/C13H18N6S/c1-5-19-7-6-14-10(19)8-17(3)13-15-12-11(20-13)9(2)16-18(12)4/h6-7H,5,8H2,1-4H3. The van der Waals surface area contributed by atoms with E-state index in [-0.39, 0.29) is 0 Å². The average Bonchev–Trinajstić information content (AvgIpc) is 3.08. The molecule has 3 rings (SSSR count). The minimum absolute atomic E-state index is 0.757. The van der Waals surface area contributed by atoms with Crippen LogP contribution in [0, 0.1) is 6.92 Å². The van der Waals surface area contributed by atoms with Crippen LogP contribution >= 0.6 is 11.3 Å². The summed E-state index contributed by atoms with van der Waals surface area (Å²) >= 11 is 1.68. The molecule has 3 heterocycles. The van der Waals surface area contributed by atoms with Gasteiger partial charge in [-0.3, -0.25) is 0 Å². The Bertz CT molecular complexity index is 703. The van der Waals surface area contributed by atoms with Crippen LogP contribution in [-0.4, -0.2) is 31.4 Å². The molecule has 0 aliphatic heterocycles. The van der Waals surface area contributed by atoms with Crippen LogP contribution in [0.5, 0.6) is 0 Å². The Hall–Kier alpha value is -1.89. The largest absolute Gasteiger partial charge is 0.344 e. The van der Waals surface area contributed by atoms with Crippen LogP contribution in [0.2, 0.25) is 0 Å². The fourth-order valence-electron chi connectivity index (χ4n) is 2.30. The molecule has 0 amide bonds. The summed E-state index contributed by atoms with van der Waals surface area (Å²) in [5.41, 5.74) is 1.99. The molecule has 0 aliphatic rings. The van der Waals surface area contributed by atoms with Crippen molar-refractivity contribution in [2.75, 3.05) is 11.9 Å². The van der Waals surface area contributed by atoms with Crippen LogP contribution in [-0.2, 0) is 20.1 Å². The van der Waals surface area contributed by atoms with Gasteiger partial charge in [-0.25, -0.2) is 14.6 Å². The summed E-state index contributed by atoms with van der Waals surface area (Å²) in [6, 6.07) is 0. The second-order valence-electron chi connectivity index (χ2n) is 4.84. The number of imidazole rings is 1. The van der Waals surface area contributed by atoms with Gasteiger partial charge in [0.1, 0.15) is 5.82 Å². The first-order valence-electron chi connectivity index (χ1n) is 6.61. The molecule has 0 saturated carbocycles. The third-order valence-electron chi connectivity index (χ3n) is 3.38. The Kier molecular flexibility index (Phi) is 3.21. The Balaban J connectivity index is 1.89. The van der Waals surface area contributed by atoms with E-state index in [1.165, 1.54) is 0 Å². The van der Waals surface area contributed by atoms with Gasteiger partial charge in [0, 0.05) is 33.0 Å². The van der Waals surface area contributed by atoms with E-state index in [9.17, 15) is 0 Å². The van der Waals surface area contributed by atoms with Crippen molar-refractivity contribution in [3.05, 3.63) is 23.9 Å². The summed E-state index contributed by atoms with van der Waals surface area (Å²) < 4.78 is 5.15. The van der Waals surface area contributed by atoms with Crippen molar-refractivity contribution >= 4 is 26.8 Å². The molecule has 20 heavy (non-hydrogen) atoms. The van der Waals surface area contributed by atoms with Crippen molar-refractivity contribution in [2.45, 2.75) is 26.9 Å². The van der Waals surface area contributed by atoms with Crippen molar-refractivity contribution in [3.8, 4) is 0 Å². The van der Waals surface area contributed by atoms with Crippen molar-refractivity contribution < 1.29 is 0 Å². The molecule has 0 aliphatic carbocycles. The maximum Gasteiger partial charge on any atom is 0.188 e. The normalized spacial score (nSPS) is 11.4. The Morgan fingerprint density at radius 2 is 2.20 bits per heavy atom. The molecule has 0 unspecified atom stereocenters. The quantitative estimate of drug-likeness (QED) is 0.739. The summed E-state index contributed by atoms with van der Waals surface area (Å²) in [6.45, 7) is 5.84. The van der Waals surface area contributed by atoms with E-state index < -0.39 is 0 Å². The lowest BCUT2D eigenvalue weighted by molar-refractivity contribution is 0.684. The van der Waals surface area contributed by atoms with Gasteiger partial charge in [0.05, 0.1) is 16.9 Å². The number of anilines is 1. The van der Waals surface area contributed by atoms with E-state index in [0.717, 1.165) is 40.1 Å². The lowest BCUT2D eigenvalue weighted by Crippen LogP contribution is -2.19. The molecule has 7 heteroatoms. The van der Waals surface area contributed by atoms with Gasteiger partial charge in [0.2, 0.25) is 0 Å². The summed E-state index contributed by atoms with van der Waals surface area (Å²) in [7, 11) is 3.98. The smallest absolute Gasteiger partial charge is 0.188 e. The molecule has 0 aromatic carbocycles. The maximum atomic E-state index is 4.68. The van der Waals surface area contributed by atoms with Crippen LogP contribution in [0.25, 0.3) is 10.3 Å². The van der Waals surface area contributed by atoms with E-state index in [4.69, 9.17) is 0 Å². The van der Waals surface area contributed by atoms with E-state index in [2.05, 4.69) is 38.5 Å². The molecule has 106 valence electrons. The lowest BCUT2D eigenvalue weighted by atomic mass is 10.5. The first-order chi connectivity index (χ1) is 9.60. The average molecular weight is 290 g/mol. The zero-order valence-electron chi connectivity index (χ0n) is 12.2. The molecule has 0 saturated heterocycles. The molecule has 3 aromatic rings. The van der Waals surface area contributed by atoms with Gasteiger partial charge in [0.15, 0.2) is 10.8 Å². The van der Waals surface area contributed by atoms with Crippen molar-refractivity contribution in [2.24, 2.45) is 7.05 Å². The number of fused-ring (bicyclic) bond motifs is 1. The fourth-order valence-corrected chi connectivity index (χ4v) is 3.29. The summed E-state index contributed by atoms with van der Waals surface area (Å²) in [6.07, 6.45) is 3.86. The number of hydrogen-bond donors (Lipinski definition) is 0. The van der Waals surface area contributed by atoms with Gasteiger partial charge >= 0.3 is 0 Å². The number of rotatable bonds is 4. The monoisotopic (exact) mass is 290 g/mol. The third-order valence-corrected chi connectivity index (χ3v) is 4.65. The van der Waals surface area contributed by atoms with Gasteiger partial charge < -0.3 is 9.47 Å². The molecule has 0 fully saturated rings. The van der Waals surface area contributed by atoms with Crippen molar-refractivity contribution in [3.63, 3.8) is 0 Å². The van der Waals surface area contributed by atoms with Crippen molar-refractivity contribution in [1.82, 2.24) is 24.3 Å². The van der Waals surface area contributed by atoms with E-state index >= 15 is 0 Å².